The molecule has 0 atom stereocenters. The first-order valence-electron chi connectivity index (χ1n) is 12.9. The molecule has 0 amide bonds. The summed E-state index contributed by atoms with van der Waals surface area (Å²) in [6.45, 7) is 2.18. The monoisotopic (exact) mass is 531 g/mol. The molecule has 2 aromatic carbocycles. The molecule has 5 nitrogen and oxygen atoms in total. The van der Waals surface area contributed by atoms with Gasteiger partial charge in [0.1, 0.15) is 0 Å². The van der Waals surface area contributed by atoms with Gasteiger partial charge >= 0.3 is 6.18 Å². The first-order chi connectivity index (χ1) is 18.7. The summed E-state index contributed by atoms with van der Waals surface area (Å²) in [5, 5.41) is 0.877. The minimum absolute atomic E-state index is 0.126. The average molecular weight is 532 g/mol. The number of benzene rings is 2. The summed E-state index contributed by atoms with van der Waals surface area (Å²) in [6.07, 6.45) is 4.64. The first kappa shape index (κ1) is 26.4. The van der Waals surface area contributed by atoms with Gasteiger partial charge in [0, 0.05) is 35.2 Å². The Morgan fingerprint density at radius 2 is 1.92 bits per heavy atom. The van der Waals surface area contributed by atoms with Crippen LogP contribution >= 0.6 is 0 Å². The Kier molecular flexibility index (Phi) is 7.37. The van der Waals surface area contributed by atoms with E-state index in [0.717, 1.165) is 16.5 Å². The number of hydrogen-bond donors (Lipinski definition) is 0. The summed E-state index contributed by atoms with van der Waals surface area (Å²) in [7, 11) is 0. The summed E-state index contributed by atoms with van der Waals surface area (Å²) in [5.74, 6) is 0.459. The Hall–Kier alpha value is -4.20. The molecule has 0 N–H and O–H groups in total. The quantitative estimate of drug-likeness (QED) is 0.175. The molecule has 1 aliphatic carbocycles. The highest BCUT2D eigenvalue weighted by atomic mass is 19.4. The number of rotatable bonds is 8. The number of alkyl halides is 3. The molecule has 200 valence electrons. The highest BCUT2D eigenvalue weighted by Gasteiger charge is 2.29. The van der Waals surface area contributed by atoms with Crippen molar-refractivity contribution >= 4 is 17.1 Å². The number of halogens is 3. The molecule has 39 heavy (non-hydrogen) atoms. The Labute approximate surface area is 224 Å². The van der Waals surface area contributed by atoms with Crippen LogP contribution in [0.4, 0.5) is 13.2 Å². The van der Waals surface area contributed by atoms with E-state index in [0.29, 0.717) is 34.7 Å². The van der Waals surface area contributed by atoms with Crippen LogP contribution in [0.3, 0.4) is 0 Å². The van der Waals surface area contributed by atoms with E-state index < -0.39 is 12.8 Å². The summed E-state index contributed by atoms with van der Waals surface area (Å²) in [4.78, 5) is 22.5. The van der Waals surface area contributed by atoms with Gasteiger partial charge in [-0.15, -0.1) is 0 Å². The van der Waals surface area contributed by atoms with Crippen LogP contribution in [0.15, 0.2) is 88.7 Å². The van der Waals surface area contributed by atoms with Gasteiger partial charge in [-0.05, 0) is 79.1 Å². The molecule has 1 fully saturated rings. The molecule has 1 aliphatic rings. The Bertz CT molecular complexity index is 1620. The zero-order valence-corrected chi connectivity index (χ0v) is 21.7. The van der Waals surface area contributed by atoms with E-state index in [9.17, 15) is 18.0 Å². The molecule has 2 aromatic heterocycles. The summed E-state index contributed by atoms with van der Waals surface area (Å²) >= 11 is 0. The van der Waals surface area contributed by atoms with Crippen LogP contribution in [0.5, 0.6) is 0 Å². The van der Waals surface area contributed by atoms with Crippen molar-refractivity contribution < 1.29 is 17.9 Å². The lowest BCUT2D eigenvalue weighted by molar-refractivity contribution is -0.165. The summed E-state index contributed by atoms with van der Waals surface area (Å²) < 4.78 is 44.7. The van der Waals surface area contributed by atoms with Gasteiger partial charge in [0.15, 0.2) is 6.61 Å². The fraction of sp³-hybridized carbons (Fsp3) is 0.258. The van der Waals surface area contributed by atoms with Crippen molar-refractivity contribution in [2.45, 2.75) is 45.2 Å². The zero-order valence-electron chi connectivity index (χ0n) is 21.7. The van der Waals surface area contributed by atoms with Gasteiger partial charge in [-0.3, -0.25) is 14.3 Å². The van der Waals surface area contributed by atoms with E-state index in [1.165, 1.54) is 30.7 Å². The summed E-state index contributed by atoms with van der Waals surface area (Å²) in [6, 6.07) is 17.3. The van der Waals surface area contributed by atoms with Gasteiger partial charge in [-0.2, -0.15) is 13.2 Å². The second-order valence-electron chi connectivity index (χ2n) is 9.65. The fourth-order valence-corrected chi connectivity index (χ4v) is 4.55. The lowest BCUT2D eigenvalue weighted by Gasteiger charge is -2.15. The SMILES string of the molecule is CC/C=C(/N=Cc1cn(-c2ccc3ncccc3c2)c(=O)c(-c2ccc(C3CC3)cc2)c1C)OCC(F)(F)F. The van der Waals surface area contributed by atoms with Crippen molar-refractivity contribution in [1.82, 2.24) is 9.55 Å². The van der Waals surface area contributed by atoms with Crippen molar-refractivity contribution in [2.24, 2.45) is 4.99 Å². The summed E-state index contributed by atoms with van der Waals surface area (Å²) in [5.41, 5.74) is 5.03. The van der Waals surface area contributed by atoms with Crippen molar-refractivity contribution in [3.8, 4) is 16.8 Å². The molecule has 8 heteroatoms. The Balaban J connectivity index is 1.62. The molecule has 0 spiro atoms. The zero-order chi connectivity index (χ0) is 27.6. The van der Waals surface area contributed by atoms with Crippen LogP contribution in [0.25, 0.3) is 27.7 Å². The first-order valence-corrected chi connectivity index (χ1v) is 12.9. The predicted molar refractivity (Wildman–Crippen MR) is 147 cm³/mol. The number of pyridine rings is 2. The minimum atomic E-state index is -4.48. The molecular formula is C31H28F3N3O2. The van der Waals surface area contributed by atoms with Crippen LogP contribution in [0.1, 0.15) is 48.8 Å². The van der Waals surface area contributed by atoms with Crippen molar-refractivity contribution in [3.63, 3.8) is 0 Å². The molecule has 0 saturated heterocycles. The number of aromatic nitrogens is 2. The molecule has 0 bridgehead atoms. The smallest absolute Gasteiger partial charge is 0.422 e. The van der Waals surface area contributed by atoms with Gasteiger partial charge in [-0.1, -0.05) is 37.3 Å². The lowest BCUT2D eigenvalue weighted by atomic mass is 9.97. The molecule has 5 rings (SSSR count). The van der Waals surface area contributed by atoms with Crippen molar-refractivity contribution in [1.29, 1.82) is 0 Å². The van der Waals surface area contributed by atoms with E-state index in [-0.39, 0.29) is 11.4 Å². The van der Waals surface area contributed by atoms with Crippen LogP contribution in [-0.2, 0) is 4.74 Å². The average Bonchev–Trinajstić information content (AvgIpc) is 3.77. The molecular weight excluding hydrogens is 503 g/mol. The standard InChI is InChI=1S/C31H28F3N3O2/c1-3-5-28(39-19-31(32,33)34)36-17-25-18-37(26-13-14-27-24(16-26)6-4-15-35-27)30(38)29(20(25)2)23-11-9-22(10-12-23)21-7-8-21/h4-6,9-18,21H,3,7-8,19H2,1-2H3/b28-5-,36-17?. The molecule has 2 heterocycles. The van der Waals surface area contributed by atoms with Crippen molar-refractivity contribution in [2.75, 3.05) is 6.61 Å². The van der Waals surface area contributed by atoms with Crippen LogP contribution in [0.2, 0.25) is 0 Å². The van der Waals surface area contributed by atoms with E-state index in [2.05, 4.69) is 22.1 Å². The number of ether oxygens (including phenoxy) is 1. The number of nitrogens with zero attached hydrogens (tertiary/aromatic N) is 3. The van der Waals surface area contributed by atoms with Gasteiger partial charge < -0.3 is 4.74 Å². The largest absolute Gasteiger partial charge is 0.468 e. The van der Waals surface area contributed by atoms with Crippen LogP contribution in [0, 0.1) is 6.92 Å². The third-order valence-electron chi connectivity index (χ3n) is 6.72. The second-order valence-corrected chi connectivity index (χ2v) is 9.65. The number of allylic oxidation sites excluding steroid dienone is 1. The highest BCUT2D eigenvalue weighted by Crippen LogP contribution is 2.40. The van der Waals surface area contributed by atoms with E-state index in [4.69, 9.17) is 4.74 Å². The molecule has 0 unspecified atom stereocenters. The lowest BCUT2D eigenvalue weighted by Crippen LogP contribution is -2.22. The highest BCUT2D eigenvalue weighted by molar-refractivity contribution is 5.86. The maximum Gasteiger partial charge on any atom is 0.422 e. The van der Waals surface area contributed by atoms with Crippen LogP contribution in [-0.4, -0.2) is 28.5 Å². The molecule has 0 radical (unpaired) electrons. The maximum atomic E-state index is 13.9. The van der Waals surface area contributed by atoms with E-state index in [1.807, 2.05) is 49.4 Å². The Morgan fingerprint density at radius 1 is 1.15 bits per heavy atom. The van der Waals surface area contributed by atoms with Gasteiger partial charge in [0.2, 0.25) is 5.88 Å². The topological polar surface area (TPSA) is 56.5 Å². The maximum absolute atomic E-state index is 13.9. The molecule has 1 saturated carbocycles. The van der Waals surface area contributed by atoms with Crippen LogP contribution < -0.4 is 5.56 Å². The van der Waals surface area contributed by atoms with Crippen molar-refractivity contribution in [3.05, 3.63) is 106 Å². The minimum Gasteiger partial charge on any atom is -0.468 e. The normalized spacial score (nSPS) is 14.3. The van der Waals surface area contributed by atoms with Gasteiger partial charge in [-0.25, -0.2) is 4.99 Å². The fourth-order valence-electron chi connectivity index (χ4n) is 4.55. The molecule has 0 aliphatic heterocycles. The Morgan fingerprint density at radius 3 is 2.62 bits per heavy atom. The second kappa shape index (κ2) is 10.9. The number of fused-ring (bicyclic) bond motifs is 1. The van der Waals surface area contributed by atoms with E-state index >= 15 is 0 Å². The molecule has 4 aromatic rings. The van der Waals surface area contributed by atoms with Gasteiger partial charge in [0.25, 0.3) is 5.56 Å². The number of aliphatic imine (C=N–C) groups is 1. The number of hydrogen-bond acceptors (Lipinski definition) is 4. The van der Waals surface area contributed by atoms with Gasteiger partial charge in [0.05, 0.1) is 11.1 Å². The third kappa shape index (κ3) is 6.11. The third-order valence-corrected chi connectivity index (χ3v) is 6.72. The van der Waals surface area contributed by atoms with E-state index in [1.54, 1.807) is 23.9 Å². The predicted octanol–water partition coefficient (Wildman–Crippen LogP) is 7.49.